The zero-order valence-electron chi connectivity index (χ0n) is 18.7. The Morgan fingerprint density at radius 2 is 1.81 bits per heavy atom. The molecule has 0 unspecified atom stereocenters. The second-order valence-corrected chi connectivity index (χ2v) is 10.4. The van der Waals surface area contributed by atoms with E-state index in [4.69, 9.17) is 17.3 Å². The fourth-order valence-electron chi connectivity index (χ4n) is 3.42. The first-order chi connectivity index (χ1) is 17.1. The summed E-state index contributed by atoms with van der Waals surface area (Å²) < 4.78 is 27.1. The molecule has 0 aliphatic carbocycles. The van der Waals surface area contributed by atoms with Crippen molar-refractivity contribution in [3.05, 3.63) is 80.9 Å². The van der Waals surface area contributed by atoms with E-state index >= 15 is 0 Å². The summed E-state index contributed by atoms with van der Waals surface area (Å²) in [6.45, 7) is 0.100. The molecule has 1 fully saturated rings. The molecule has 36 heavy (non-hydrogen) atoms. The molecule has 0 saturated carbocycles. The van der Waals surface area contributed by atoms with E-state index in [1.54, 1.807) is 36.7 Å². The van der Waals surface area contributed by atoms with Gasteiger partial charge in [0.05, 0.1) is 10.5 Å². The highest BCUT2D eigenvalue weighted by Gasteiger charge is 2.32. The van der Waals surface area contributed by atoms with Crippen molar-refractivity contribution in [1.29, 1.82) is 0 Å². The van der Waals surface area contributed by atoms with Crippen molar-refractivity contribution in [2.45, 2.75) is 6.42 Å². The van der Waals surface area contributed by atoms with Gasteiger partial charge in [0.1, 0.15) is 4.32 Å². The number of carbonyl (C=O) groups is 3. The van der Waals surface area contributed by atoms with Gasteiger partial charge in [-0.2, -0.15) is 0 Å². The third-order valence-corrected chi connectivity index (χ3v) is 7.70. The lowest BCUT2D eigenvalue weighted by molar-refractivity contribution is -0.123. The monoisotopic (exact) mass is 544 g/mol. The number of anilines is 1. The molecule has 3 aromatic rings. The van der Waals surface area contributed by atoms with Gasteiger partial charge in [-0.1, -0.05) is 30.0 Å². The first-order valence-corrected chi connectivity index (χ1v) is 12.6. The van der Waals surface area contributed by atoms with E-state index in [2.05, 4.69) is 0 Å². The van der Waals surface area contributed by atoms with Gasteiger partial charge >= 0.3 is 5.97 Å². The molecule has 6 nitrogen and oxygen atoms in total. The van der Waals surface area contributed by atoms with E-state index in [0.29, 0.717) is 26.0 Å². The summed E-state index contributed by atoms with van der Waals surface area (Å²) in [5.74, 6) is -3.47. The van der Waals surface area contributed by atoms with E-state index in [1.807, 2.05) is 0 Å². The van der Waals surface area contributed by atoms with Crippen molar-refractivity contribution < 1.29 is 28.3 Å². The van der Waals surface area contributed by atoms with Gasteiger partial charge in [-0.25, -0.2) is 13.6 Å². The summed E-state index contributed by atoms with van der Waals surface area (Å²) in [4.78, 5) is 40.5. The fraction of sp³-hybridized carbons (Fsp3) is 0.120. The molecule has 2 aromatic carbocycles. The quantitative estimate of drug-likeness (QED) is 0.306. The number of rotatable bonds is 7. The summed E-state index contributed by atoms with van der Waals surface area (Å²) in [5.41, 5.74) is 1.87. The van der Waals surface area contributed by atoms with E-state index < -0.39 is 17.6 Å². The zero-order valence-corrected chi connectivity index (χ0v) is 21.2. The van der Waals surface area contributed by atoms with E-state index in [1.165, 1.54) is 39.3 Å². The molecule has 1 saturated heterocycles. The third kappa shape index (κ3) is 5.53. The fourth-order valence-corrected chi connectivity index (χ4v) is 5.65. The highest BCUT2D eigenvalue weighted by molar-refractivity contribution is 8.26. The number of nitrogens with zero attached hydrogens (tertiary/aromatic N) is 2. The molecule has 1 aliphatic rings. The zero-order chi connectivity index (χ0) is 26.0. The largest absolute Gasteiger partial charge is 0.478 e. The molecule has 0 radical (unpaired) electrons. The second kappa shape index (κ2) is 10.7. The number of halogens is 2. The molecule has 1 N–H and O–H groups in total. The van der Waals surface area contributed by atoms with Crippen molar-refractivity contribution in [3.63, 3.8) is 0 Å². The van der Waals surface area contributed by atoms with Crippen LogP contribution in [0, 0.1) is 11.6 Å². The predicted octanol–water partition coefficient (Wildman–Crippen LogP) is 5.65. The Bertz CT molecular complexity index is 1400. The van der Waals surface area contributed by atoms with Gasteiger partial charge in [0.2, 0.25) is 5.91 Å². The van der Waals surface area contributed by atoms with Gasteiger partial charge in [0, 0.05) is 30.6 Å². The maximum Gasteiger partial charge on any atom is 0.335 e. The van der Waals surface area contributed by atoms with E-state index in [-0.39, 0.29) is 30.3 Å². The molecule has 1 aliphatic heterocycles. The molecule has 4 rings (SSSR count). The van der Waals surface area contributed by atoms with Crippen LogP contribution in [0.25, 0.3) is 17.2 Å². The van der Waals surface area contributed by atoms with Crippen LogP contribution in [0.2, 0.25) is 0 Å². The average molecular weight is 545 g/mol. The summed E-state index contributed by atoms with van der Waals surface area (Å²) in [6.07, 6.45) is 1.71. The predicted molar refractivity (Wildman–Crippen MR) is 141 cm³/mol. The SMILES string of the molecule is CN(C(=O)CCN1C(=O)C(=Cc2cc(-c3ccc(F)c(F)c3)cs2)SC1=S)c1ccc(C(=O)O)cc1. The minimum atomic E-state index is -1.05. The number of carbonyl (C=O) groups excluding carboxylic acids is 2. The highest BCUT2D eigenvalue weighted by atomic mass is 32.2. The Labute approximate surface area is 218 Å². The van der Waals surface area contributed by atoms with Gasteiger partial charge in [0.25, 0.3) is 5.91 Å². The maximum atomic E-state index is 13.6. The van der Waals surface area contributed by atoms with Gasteiger partial charge in [-0.3, -0.25) is 14.5 Å². The van der Waals surface area contributed by atoms with Gasteiger partial charge in [-0.05, 0) is 65.0 Å². The van der Waals surface area contributed by atoms with Crippen molar-refractivity contribution in [2.24, 2.45) is 0 Å². The second-order valence-electron chi connectivity index (χ2n) is 7.75. The molecule has 0 spiro atoms. The van der Waals surface area contributed by atoms with Crippen LogP contribution in [0.3, 0.4) is 0 Å². The Hall–Kier alpha value is -3.41. The summed E-state index contributed by atoms with van der Waals surface area (Å²) >= 11 is 7.83. The number of hydrogen-bond acceptors (Lipinski definition) is 6. The van der Waals surface area contributed by atoms with Crippen molar-refractivity contribution in [3.8, 4) is 11.1 Å². The molecule has 1 aromatic heterocycles. The number of thiocarbonyl (C=S) groups is 1. The summed E-state index contributed by atoms with van der Waals surface area (Å²) in [7, 11) is 1.57. The van der Waals surface area contributed by atoms with Crippen LogP contribution in [-0.2, 0) is 9.59 Å². The first-order valence-electron chi connectivity index (χ1n) is 10.5. The summed E-state index contributed by atoms with van der Waals surface area (Å²) in [6, 6.07) is 11.4. The molecular weight excluding hydrogens is 526 g/mol. The topological polar surface area (TPSA) is 77.9 Å². The Kier molecular flexibility index (Phi) is 7.62. The average Bonchev–Trinajstić information content (AvgIpc) is 3.43. The molecule has 2 heterocycles. The van der Waals surface area contributed by atoms with Crippen LogP contribution in [0.1, 0.15) is 21.7 Å². The molecule has 184 valence electrons. The number of aromatic carboxylic acids is 1. The van der Waals surface area contributed by atoms with E-state index in [9.17, 15) is 23.2 Å². The highest BCUT2D eigenvalue weighted by Crippen LogP contribution is 2.35. The van der Waals surface area contributed by atoms with Gasteiger partial charge < -0.3 is 10.0 Å². The number of carboxylic acid groups (broad SMARTS) is 1. The first kappa shape index (κ1) is 25.7. The minimum Gasteiger partial charge on any atom is -0.478 e. The Morgan fingerprint density at radius 3 is 2.47 bits per heavy atom. The lowest BCUT2D eigenvalue weighted by Crippen LogP contribution is -2.34. The lowest BCUT2D eigenvalue weighted by atomic mass is 10.1. The lowest BCUT2D eigenvalue weighted by Gasteiger charge is -2.20. The molecule has 0 bridgehead atoms. The minimum absolute atomic E-state index is 0.0240. The smallest absolute Gasteiger partial charge is 0.335 e. The van der Waals surface area contributed by atoms with Crippen LogP contribution in [-0.4, -0.2) is 45.7 Å². The standard InChI is InChI=1S/C25H18F2N2O4S3/c1-28(17-5-2-14(3-6-17)24(32)33)22(30)8-9-29-23(31)21(36-25(29)34)12-18-10-16(13-35-18)15-4-7-19(26)20(27)11-15/h2-7,10-13H,8-9H2,1H3,(H,32,33). The van der Waals surface area contributed by atoms with Crippen molar-refractivity contribution in [1.82, 2.24) is 4.90 Å². The number of thiophene rings is 1. The van der Waals surface area contributed by atoms with Crippen molar-refractivity contribution >= 4 is 69.2 Å². The van der Waals surface area contributed by atoms with E-state index in [0.717, 1.165) is 28.8 Å². The number of thioether (sulfide) groups is 1. The van der Waals surface area contributed by atoms with Crippen LogP contribution < -0.4 is 4.90 Å². The molecule has 11 heteroatoms. The van der Waals surface area contributed by atoms with Crippen LogP contribution in [0.5, 0.6) is 0 Å². The number of hydrogen-bond donors (Lipinski definition) is 1. The Morgan fingerprint density at radius 1 is 1.08 bits per heavy atom. The maximum absolute atomic E-state index is 13.6. The van der Waals surface area contributed by atoms with Crippen LogP contribution >= 0.6 is 35.3 Å². The molecule has 2 amide bonds. The number of carboxylic acids is 1. The number of amides is 2. The van der Waals surface area contributed by atoms with Gasteiger partial charge in [-0.15, -0.1) is 11.3 Å². The molecule has 0 atom stereocenters. The summed E-state index contributed by atoms with van der Waals surface area (Å²) in [5, 5.41) is 10.8. The number of benzene rings is 2. The van der Waals surface area contributed by atoms with Crippen molar-refractivity contribution in [2.75, 3.05) is 18.5 Å². The third-order valence-electron chi connectivity index (χ3n) is 5.44. The van der Waals surface area contributed by atoms with Crippen LogP contribution in [0.15, 0.2) is 58.8 Å². The normalized spacial score (nSPS) is 14.5. The van der Waals surface area contributed by atoms with Crippen LogP contribution in [0.4, 0.5) is 14.5 Å². The molecular formula is C25H18F2N2O4S3. The Balaban J connectivity index is 1.40. The van der Waals surface area contributed by atoms with Gasteiger partial charge in [0.15, 0.2) is 11.6 Å².